The smallest absolute Gasteiger partial charge is 0.387 e. The lowest BCUT2D eigenvalue weighted by Gasteiger charge is -2.34. The number of nitrogens with zero attached hydrogens (tertiary/aromatic N) is 4. The molecule has 0 radical (unpaired) electrons. The minimum absolute atomic E-state index is 0.0394. The minimum Gasteiger partial charge on any atom is -0.434 e. The number of amides is 1. The van der Waals surface area contributed by atoms with Crippen LogP contribution in [-0.2, 0) is 4.79 Å². The highest BCUT2D eigenvalue weighted by Gasteiger charge is 2.21. The van der Waals surface area contributed by atoms with E-state index in [9.17, 15) is 13.6 Å². The van der Waals surface area contributed by atoms with Crippen LogP contribution >= 0.6 is 0 Å². The number of rotatable bonds is 5. The lowest BCUT2D eigenvalue weighted by molar-refractivity contribution is -0.126. The maximum atomic E-state index is 12.4. The van der Waals surface area contributed by atoms with E-state index in [1.54, 1.807) is 41.6 Å². The van der Waals surface area contributed by atoms with Crippen molar-refractivity contribution < 1.29 is 18.3 Å². The highest BCUT2D eigenvalue weighted by atomic mass is 19.3. The average Bonchev–Trinajstić information content (AvgIpc) is 2.67. The van der Waals surface area contributed by atoms with Gasteiger partial charge in [0.05, 0.1) is 0 Å². The van der Waals surface area contributed by atoms with Crippen molar-refractivity contribution in [2.75, 3.05) is 31.1 Å². The lowest BCUT2D eigenvalue weighted by atomic mass is 10.2. The van der Waals surface area contributed by atoms with Gasteiger partial charge < -0.3 is 14.5 Å². The van der Waals surface area contributed by atoms with Gasteiger partial charge in [-0.05, 0) is 18.2 Å². The van der Waals surface area contributed by atoms with Gasteiger partial charge in [-0.15, -0.1) is 0 Å². The van der Waals surface area contributed by atoms with Crippen LogP contribution in [0.25, 0.3) is 6.08 Å². The first-order chi connectivity index (χ1) is 12.6. The normalized spacial score (nSPS) is 14.9. The standard InChI is InChI=1S/C18H18F2N4O2/c19-17(20)26-15-5-2-1-4-14(15)6-7-16(25)23-10-12-24(13-11-23)18-21-8-3-9-22-18/h1-9,17H,10-13H2/b7-6+. The quantitative estimate of drug-likeness (QED) is 0.767. The summed E-state index contributed by atoms with van der Waals surface area (Å²) in [6, 6.07) is 8.10. The summed E-state index contributed by atoms with van der Waals surface area (Å²) in [6.45, 7) is -0.565. The third-order valence-corrected chi connectivity index (χ3v) is 3.97. The molecule has 0 N–H and O–H groups in total. The largest absolute Gasteiger partial charge is 0.434 e. The Bertz CT molecular complexity index is 763. The number of aromatic nitrogens is 2. The van der Waals surface area contributed by atoms with Crippen LogP contribution in [0.15, 0.2) is 48.8 Å². The molecular weight excluding hydrogens is 342 g/mol. The van der Waals surface area contributed by atoms with Gasteiger partial charge in [-0.25, -0.2) is 9.97 Å². The molecule has 1 aliphatic rings. The van der Waals surface area contributed by atoms with E-state index in [1.807, 2.05) is 4.90 Å². The molecule has 6 nitrogen and oxygen atoms in total. The molecule has 0 atom stereocenters. The third-order valence-electron chi connectivity index (χ3n) is 3.97. The Kier molecular flexibility index (Phi) is 5.73. The van der Waals surface area contributed by atoms with Crippen LogP contribution < -0.4 is 9.64 Å². The minimum atomic E-state index is -2.91. The maximum absolute atomic E-state index is 12.4. The summed E-state index contributed by atoms with van der Waals surface area (Å²) >= 11 is 0. The van der Waals surface area contributed by atoms with Crippen molar-refractivity contribution in [1.82, 2.24) is 14.9 Å². The van der Waals surface area contributed by atoms with E-state index in [2.05, 4.69) is 14.7 Å². The van der Waals surface area contributed by atoms with Gasteiger partial charge in [0.15, 0.2) is 0 Å². The van der Waals surface area contributed by atoms with Gasteiger partial charge in [0.25, 0.3) is 0 Å². The summed E-state index contributed by atoms with van der Waals surface area (Å²) in [7, 11) is 0. The Labute approximate surface area is 149 Å². The first-order valence-corrected chi connectivity index (χ1v) is 8.16. The van der Waals surface area contributed by atoms with E-state index in [-0.39, 0.29) is 11.7 Å². The van der Waals surface area contributed by atoms with Gasteiger partial charge in [-0.1, -0.05) is 18.2 Å². The number of hydrogen-bond acceptors (Lipinski definition) is 5. The number of ether oxygens (including phenoxy) is 1. The topological polar surface area (TPSA) is 58.6 Å². The molecule has 0 spiro atoms. The number of carbonyl (C=O) groups is 1. The zero-order chi connectivity index (χ0) is 18.4. The van der Waals surface area contributed by atoms with E-state index >= 15 is 0 Å². The number of anilines is 1. The summed E-state index contributed by atoms with van der Waals surface area (Å²) in [6.07, 6.45) is 6.23. The molecule has 1 aromatic carbocycles. The summed E-state index contributed by atoms with van der Waals surface area (Å²) in [5.74, 6) is 0.510. The Morgan fingerprint density at radius 2 is 1.77 bits per heavy atom. The first kappa shape index (κ1) is 17.8. The molecule has 0 bridgehead atoms. The Morgan fingerprint density at radius 3 is 2.46 bits per heavy atom. The number of benzene rings is 1. The molecule has 0 unspecified atom stereocenters. The van der Waals surface area contributed by atoms with Crippen molar-refractivity contribution in [2.45, 2.75) is 6.61 Å². The van der Waals surface area contributed by atoms with E-state index < -0.39 is 6.61 Å². The monoisotopic (exact) mass is 360 g/mol. The van der Waals surface area contributed by atoms with E-state index in [0.29, 0.717) is 37.7 Å². The zero-order valence-corrected chi connectivity index (χ0v) is 14.0. The molecule has 1 aromatic heterocycles. The second kappa shape index (κ2) is 8.37. The highest BCUT2D eigenvalue weighted by molar-refractivity contribution is 5.92. The SMILES string of the molecule is O=C(/C=C/c1ccccc1OC(F)F)N1CCN(c2ncccn2)CC1. The van der Waals surface area contributed by atoms with Gasteiger partial charge >= 0.3 is 6.61 Å². The molecule has 0 saturated carbocycles. The van der Waals surface area contributed by atoms with E-state index in [1.165, 1.54) is 18.2 Å². The van der Waals surface area contributed by atoms with Gasteiger partial charge in [0.1, 0.15) is 5.75 Å². The summed E-state index contributed by atoms with van der Waals surface area (Å²) in [5, 5.41) is 0. The molecule has 1 saturated heterocycles. The van der Waals surface area contributed by atoms with Crippen LogP contribution in [0.4, 0.5) is 14.7 Å². The number of hydrogen-bond donors (Lipinski definition) is 0. The predicted octanol–water partition coefficient (Wildman–Crippen LogP) is 2.44. The Morgan fingerprint density at radius 1 is 1.08 bits per heavy atom. The predicted molar refractivity (Wildman–Crippen MR) is 92.9 cm³/mol. The second-order valence-corrected chi connectivity index (χ2v) is 5.61. The fourth-order valence-corrected chi connectivity index (χ4v) is 2.67. The van der Waals surface area contributed by atoms with Gasteiger partial charge in [-0.2, -0.15) is 8.78 Å². The van der Waals surface area contributed by atoms with E-state index in [0.717, 1.165) is 0 Å². The number of halogens is 2. The van der Waals surface area contributed by atoms with Crippen LogP contribution in [0.5, 0.6) is 5.75 Å². The van der Waals surface area contributed by atoms with Crippen LogP contribution in [0.3, 0.4) is 0 Å². The van der Waals surface area contributed by atoms with Crippen LogP contribution in [0, 0.1) is 0 Å². The molecule has 0 aliphatic carbocycles. The number of carbonyl (C=O) groups excluding carboxylic acids is 1. The van der Waals surface area contributed by atoms with Crippen molar-refractivity contribution >= 4 is 17.9 Å². The van der Waals surface area contributed by atoms with Crippen molar-refractivity contribution in [3.63, 3.8) is 0 Å². The number of para-hydroxylation sites is 1. The van der Waals surface area contributed by atoms with Crippen molar-refractivity contribution in [3.05, 3.63) is 54.4 Å². The molecule has 26 heavy (non-hydrogen) atoms. The number of piperazine rings is 1. The first-order valence-electron chi connectivity index (χ1n) is 8.16. The molecule has 3 rings (SSSR count). The Balaban J connectivity index is 1.59. The van der Waals surface area contributed by atoms with Crippen LogP contribution in [-0.4, -0.2) is 53.6 Å². The Hall–Kier alpha value is -3.03. The summed E-state index contributed by atoms with van der Waals surface area (Å²) < 4.78 is 29.3. The van der Waals surface area contributed by atoms with Crippen LogP contribution in [0.1, 0.15) is 5.56 Å². The fourth-order valence-electron chi connectivity index (χ4n) is 2.67. The molecule has 2 aromatic rings. The molecular formula is C18H18F2N4O2. The van der Waals surface area contributed by atoms with E-state index in [4.69, 9.17) is 0 Å². The van der Waals surface area contributed by atoms with Crippen LogP contribution in [0.2, 0.25) is 0 Å². The molecule has 1 aliphatic heterocycles. The van der Waals surface area contributed by atoms with Gasteiger partial charge in [0.2, 0.25) is 11.9 Å². The molecule has 2 heterocycles. The second-order valence-electron chi connectivity index (χ2n) is 5.61. The number of alkyl halides is 2. The molecule has 1 fully saturated rings. The maximum Gasteiger partial charge on any atom is 0.387 e. The zero-order valence-electron chi connectivity index (χ0n) is 14.0. The average molecular weight is 360 g/mol. The van der Waals surface area contributed by atoms with Crippen molar-refractivity contribution in [3.8, 4) is 5.75 Å². The van der Waals surface area contributed by atoms with Gasteiger partial charge in [-0.3, -0.25) is 4.79 Å². The molecule has 1 amide bonds. The summed E-state index contributed by atoms with van der Waals surface area (Å²) in [4.78, 5) is 24.5. The van der Waals surface area contributed by atoms with Gasteiger partial charge in [0, 0.05) is 50.2 Å². The highest BCUT2D eigenvalue weighted by Crippen LogP contribution is 2.21. The lowest BCUT2D eigenvalue weighted by Crippen LogP contribution is -2.48. The fraction of sp³-hybridized carbons (Fsp3) is 0.278. The van der Waals surface area contributed by atoms with Crippen molar-refractivity contribution in [1.29, 1.82) is 0 Å². The summed E-state index contributed by atoms with van der Waals surface area (Å²) in [5.41, 5.74) is 0.428. The molecule has 8 heteroatoms. The third kappa shape index (κ3) is 4.53. The van der Waals surface area contributed by atoms with Crippen molar-refractivity contribution in [2.24, 2.45) is 0 Å². The molecule has 136 valence electrons.